The van der Waals surface area contributed by atoms with Gasteiger partial charge in [-0.25, -0.2) is 4.39 Å². The number of carbonyl (C=O) groups excluding carboxylic acids is 1. The van der Waals surface area contributed by atoms with Crippen LogP contribution in [-0.4, -0.2) is 60.1 Å². The van der Waals surface area contributed by atoms with Crippen LogP contribution in [0, 0.1) is 5.82 Å². The van der Waals surface area contributed by atoms with Gasteiger partial charge in [-0.15, -0.1) is 0 Å². The highest BCUT2D eigenvalue weighted by Crippen LogP contribution is 2.37. The molecule has 0 aliphatic carbocycles. The fourth-order valence-electron chi connectivity index (χ4n) is 4.32. The van der Waals surface area contributed by atoms with Crippen LogP contribution in [0.1, 0.15) is 49.9 Å². The number of hydrogen-bond donors (Lipinski definition) is 0. The van der Waals surface area contributed by atoms with Gasteiger partial charge in [-0.05, 0) is 50.9 Å². The molecule has 0 aromatic heterocycles. The Morgan fingerprint density at radius 2 is 1.96 bits per heavy atom. The highest BCUT2D eigenvalue weighted by atomic mass is 19.1. The molecule has 4 nitrogen and oxygen atoms in total. The van der Waals surface area contributed by atoms with Gasteiger partial charge >= 0.3 is 0 Å². The number of nitrogens with zero attached hydrogens (tertiary/aromatic N) is 2. The summed E-state index contributed by atoms with van der Waals surface area (Å²) in [5.74, 6) is -0.646. The van der Waals surface area contributed by atoms with E-state index < -0.39 is 5.82 Å². The molecular formula is C20H29FN2O2. The van der Waals surface area contributed by atoms with E-state index >= 15 is 0 Å². The van der Waals surface area contributed by atoms with E-state index in [1.807, 2.05) is 0 Å². The molecule has 5 heteroatoms. The first kappa shape index (κ1) is 18.3. The quantitative estimate of drug-likeness (QED) is 0.837. The number of carbonyl (C=O) groups is 1. The van der Waals surface area contributed by atoms with Crippen molar-refractivity contribution in [1.82, 2.24) is 9.80 Å². The molecular weight excluding hydrogens is 319 g/mol. The zero-order chi connectivity index (χ0) is 17.9. The van der Waals surface area contributed by atoms with E-state index in [-0.39, 0.29) is 17.1 Å². The Hall–Kier alpha value is -1.46. The zero-order valence-corrected chi connectivity index (χ0v) is 15.3. The maximum Gasteiger partial charge on any atom is 0.256 e. The Morgan fingerprint density at radius 3 is 2.60 bits per heavy atom. The first-order valence-corrected chi connectivity index (χ1v) is 9.50. The highest BCUT2D eigenvalue weighted by molar-refractivity contribution is 5.94. The summed E-state index contributed by atoms with van der Waals surface area (Å²) in [4.78, 5) is 16.9. The molecule has 2 aliphatic heterocycles. The standard InChI is InChI=1S/C20H29FN2O2/c1-3-22(4-2)16-9-14-25-20(15-16)10-12-23(13-11-20)19(24)17-7-5-6-8-18(17)21/h5-8,16H,3-4,9-15H2,1-2H3. The topological polar surface area (TPSA) is 32.8 Å². The summed E-state index contributed by atoms with van der Waals surface area (Å²) in [6.45, 7) is 8.62. The van der Waals surface area contributed by atoms with Crippen LogP contribution < -0.4 is 0 Å². The lowest BCUT2D eigenvalue weighted by Gasteiger charge is -2.48. The average molecular weight is 348 g/mol. The van der Waals surface area contributed by atoms with E-state index in [0.29, 0.717) is 19.1 Å². The van der Waals surface area contributed by atoms with Gasteiger partial charge in [-0.1, -0.05) is 26.0 Å². The lowest BCUT2D eigenvalue weighted by atomic mass is 9.81. The van der Waals surface area contributed by atoms with Crippen molar-refractivity contribution >= 4 is 5.91 Å². The van der Waals surface area contributed by atoms with Gasteiger partial charge in [0.05, 0.1) is 11.2 Å². The number of rotatable bonds is 4. The lowest BCUT2D eigenvalue weighted by molar-refractivity contribution is -0.129. The van der Waals surface area contributed by atoms with Gasteiger partial charge in [-0.3, -0.25) is 4.79 Å². The first-order valence-electron chi connectivity index (χ1n) is 9.50. The number of likely N-dealkylation sites (tertiary alicyclic amines) is 1. The van der Waals surface area contributed by atoms with Crippen molar-refractivity contribution in [2.45, 2.75) is 51.2 Å². The predicted octanol–water partition coefficient (Wildman–Crippen LogP) is 3.32. The number of piperidine rings is 1. The molecule has 1 atom stereocenters. The first-order chi connectivity index (χ1) is 12.1. The van der Waals surface area contributed by atoms with Crippen molar-refractivity contribution in [1.29, 1.82) is 0 Å². The Morgan fingerprint density at radius 1 is 1.28 bits per heavy atom. The summed E-state index contributed by atoms with van der Waals surface area (Å²) in [6, 6.07) is 6.80. The monoisotopic (exact) mass is 348 g/mol. The van der Waals surface area contributed by atoms with Crippen molar-refractivity contribution < 1.29 is 13.9 Å². The van der Waals surface area contributed by atoms with Crippen molar-refractivity contribution in [3.8, 4) is 0 Å². The number of hydrogen-bond acceptors (Lipinski definition) is 3. The molecule has 2 fully saturated rings. The van der Waals surface area contributed by atoms with Gasteiger partial charge in [0.25, 0.3) is 5.91 Å². The molecule has 25 heavy (non-hydrogen) atoms. The second-order valence-corrected chi connectivity index (χ2v) is 7.17. The summed E-state index contributed by atoms with van der Waals surface area (Å²) in [5, 5.41) is 0. The van der Waals surface area contributed by atoms with Gasteiger partial charge in [0.2, 0.25) is 0 Å². The van der Waals surface area contributed by atoms with Crippen molar-refractivity contribution in [2.24, 2.45) is 0 Å². The number of ether oxygens (including phenoxy) is 1. The third-order valence-electron chi connectivity index (χ3n) is 5.86. The average Bonchev–Trinajstić information content (AvgIpc) is 2.63. The summed E-state index contributed by atoms with van der Waals surface area (Å²) in [6.07, 6.45) is 3.80. The van der Waals surface area contributed by atoms with Crippen LogP contribution in [-0.2, 0) is 4.74 Å². The molecule has 1 spiro atoms. The summed E-state index contributed by atoms with van der Waals surface area (Å²) < 4.78 is 20.1. The minimum atomic E-state index is -0.441. The molecule has 2 saturated heterocycles. The molecule has 138 valence electrons. The van der Waals surface area contributed by atoms with Gasteiger partial charge in [0, 0.05) is 25.7 Å². The van der Waals surface area contributed by atoms with Crippen molar-refractivity contribution in [3.05, 3.63) is 35.6 Å². The molecule has 0 saturated carbocycles. The Kier molecular flexibility index (Phi) is 5.74. The van der Waals surface area contributed by atoms with E-state index in [9.17, 15) is 9.18 Å². The summed E-state index contributed by atoms with van der Waals surface area (Å²) in [7, 11) is 0. The van der Waals surface area contributed by atoms with Gasteiger partial charge in [0.1, 0.15) is 5.82 Å². The van der Waals surface area contributed by atoms with Crippen LogP contribution in [0.2, 0.25) is 0 Å². The summed E-state index contributed by atoms with van der Waals surface area (Å²) in [5.41, 5.74) is 0.0568. The molecule has 0 bridgehead atoms. The normalized spacial score (nSPS) is 23.2. The third-order valence-corrected chi connectivity index (χ3v) is 5.86. The SMILES string of the molecule is CCN(CC)C1CCOC2(CCN(C(=O)c3ccccc3F)CC2)C1. The lowest BCUT2D eigenvalue weighted by Crippen LogP contribution is -2.54. The van der Waals surface area contributed by atoms with Crippen LogP contribution in [0.5, 0.6) is 0 Å². The molecule has 1 aromatic rings. The number of amides is 1. The second kappa shape index (κ2) is 7.83. The molecule has 2 heterocycles. The van der Waals surface area contributed by atoms with E-state index in [4.69, 9.17) is 4.74 Å². The number of benzene rings is 1. The van der Waals surface area contributed by atoms with E-state index in [0.717, 1.165) is 45.4 Å². The molecule has 1 aromatic carbocycles. The van der Waals surface area contributed by atoms with E-state index in [2.05, 4.69) is 18.7 Å². The fraction of sp³-hybridized carbons (Fsp3) is 0.650. The molecule has 1 unspecified atom stereocenters. The predicted molar refractivity (Wildman–Crippen MR) is 96.2 cm³/mol. The molecule has 3 rings (SSSR count). The van der Waals surface area contributed by atoms with Gasteiger partial charge < -0.3 is 14.5 Å². The van der Waals surface area contributed by atoms with Crippen molar-refractivity contribution in [3.63, 3.8) is 0 Å². The Bertz CT molecular complexity index is 595. The third kappa shape index (κ3) is 3.87. The van der Waals surface area contributed by atoms with E-state index in [1.165, 1.54) is 6.07 Å². The molecule has 2 aliphatic rings. The Labute approximate surface area is 149 Å². The second-order valence-electron chi connectivity index (χ2n) is 7.17. The minimum Gasteiger partial charge on any atom is -0.375 e. The molecule has 0 radical (unpaired) electrons. The molecule has 1 amide bonds. The van der Waals surface area contributed by atoms with Crippen molar-refractivity contribution in [2.75, 3.05) is 32.8 Å². The highest BCUT2D eigenvalue weighted by Gasteiger charge is 2.42. The van der Waals surface area contributed by atoms with Gasteiger partial charge in [0.15, 0.2) is 0 Å². The number of halogens is 1. The van der Waals surface area contributed by atoms with Crippen LogP contribution in [0.4, 0.5) is 4.39 Å². The van der Waals surface area contributed by atoms with Crippen LogP contribution in [0.3, 0.4) is 0 Å². The maximum atomic E-state index is 13.9. The van der Waals surface area contributed by atoms with Crippen LogP contribution in [0.15, 0.2) is 24.3 Å². The summed E-state index contributed by atoms with van der Waals surface area (Å²) >= 11 is 0. The van der Waals surface area contributed by atoms with Crippen LogP contribution in [0.25, 0.3) is 0 Å². The van der Waals surface area contributed by atoms with Crippen LogP contribution >= 0.6 is 0 Å². The smallest absolute Gasteiger partial charge is 0.256 e. The molecule has 0 N–H and O–H groups in total. The van der Waals surface area contributed by atoms with Gasteiger partial charge in [-0.2, -0.15) is 0 Å². The largest absolute Gasteiger partial charge is 0.375 e. The minimum absolute atomic E-state index is 0.114. The fourth-order valence-corrected chi connectivity index (χ4v) is 4.32. The van der Waals surface area contributed by atoms with E-state index in [1.54, 1.807) is 23.1 Å². The maximum absolute atomic E-state index is 13.9. The zero-order valence-electron chi connectivity index (χ0n) is 15.3. The Balaban J connectivity index is 1.63.